The average molecular weight is 296 g/mol. The van der Waals surface area contributed by atoms with E-state index in [2.05, 4.69) is 53.6 Å². The van der Waals surface area contributed by atoms with Crippen molar-refractivity contribution >= 4 is 28.8 Å². The standard InChI is InChI=1S/C14H18ClN3S/c1-9(2)14-17-12(15)8-13(18-14)16-10(3)7-11-5-4-6-19-11/h4-6,8-10H,7H2,1-3H3,(H,16,17,18). The van der Waals surface area contributed by atoms with Crippen molar-refractivity contribution in [1.29, 1.82) is 0 Å². The fourth-order valence-electron chi connectivity index (χ4n) is 1.80. The Morgan fingerprint density at radius 2 is 2.11 bits per heavy atom. The SMILES string of the molecule is CC(Cc1cccs1)Nc1cc(Cl)nc(C(C)C)n1. The van der Waals surface area contributed by atoms with Gasteiger partial charge in [0.2, 0.25) is 0 Å². The van der Waals surface area contributed by atoms with Crippen LogP contribution in [-0.4, -0.2) is 16.0 Å². The first-order valence-electron chi connectivity index (χ1n) is 6.38. The van der Waals surface area contributed by atoms with Gasteiger partial charge in [0.1, 0.15) is 16.8 Å². The molecule has 0 spiro atoms. The van der Waals surface area contributed by atoms with Crippen molar-refractivity contribution in [2.45, 2.75) is 39.2 Å². The molecule has 1 N–H and O–H groups in total. The molecule has 0 aliphatic rings. The summed E-state index contributed by atoms with van der Waals surface area (Å²) in [6.45, 7) is 6.26. The summed E-state index contributed by atoms with van der Waals surface area (Å²) in [5.41, 5.74) is 0. The van der Waals surface area contributed by atoms with Crippen molar-refractivity contribution in [1.82, 2.24) is 9.97 Å². The van der Waals surface area contributed by atoms with Crippen LogP contribution in [0.5, 0.6) is 0 Å². The average Bonchev–Trinajstić information content (AvgIpc) is 2.80. The third-order valence-corrected chi connectivity index (χ3v) is 3.80. The van der Waals surface area contributed by atoms with E-state index in [-0.39, 0.29) is 5.92 Å². The first-order valence-corrected chi connectivity index (χ1v) is 7.63. The van der Waals surface area contributed by atoms with Gasteiger partial charge in [0.05, 0.1) is 0 Å². The largest absolute Gasteiger partial charge is 0.367 e. The number of aromatic nitrogens is 2. The molecule has 1 unspecified atom stereocenters. The summed E-state index contributed by atoms with van der Waals surface area (Å²) in [5.74, 6) is 1.85. The predicted molar refractivity (Wildman–Crippen MR) is 82.2 cm³/mol. The Bertz CT molecular complexity index is 525. The Labute approximate surface area is 123 Å². The maximum atomic E-state index is 6.03. The van der Waals surface area contributed by atoms with E-state index in [1.807, 2.05) is 0 Å². The third kappa shape index (κ3) is 4.18. The lowest BCUT2D eigenvalue weighted by Crippen LogP contribution is -2.19. The van der Waals surface area contributed by atoms with Gasteiger partial charge in [-0.15, -0.1) is 11.3 Å². The second-order valence-electron chi connectivity index (χ2n) is 4.92. The highest BCUT2D eigenvalue weighted by molar-refractivity contribution is 7.09. The van der Waals surface area contributed by atoms with Gasteiger partial charge in [-0.25, -0.2) is 9.97 Å². The zero-order chi connectivity index (χ0) is 13.8. The fourth-order valence-corrected chi connectivity index (χ4v) is 2.83. The van der Waals surface area contributed by atoms with E-state index in [1.165, 1.54) is 4.88 Å². The molecule has 2 aromatic heterocycles. The number of anilines is 1. The summed E-state index contributed by atoms with van der Waals surface area (Å²) in [6.07, 6.45) is 0.982. The maximum Gasteiger partial charge on any atom is 0.135 e. The van der Waals surface area contributed by atoms with Crippen LogP contribution < -0.4 is 5.32 Å². The zero-order valence-electron chi connectivity index (χ0n) is 11.4. The second kappa shape index (κ2) is 6.35. The predicted octanol–water partition coefficient (Wildman–Crippen LogP) is 4.36. The number of halogens is 1. The van der Waals surface area contributed by atoms with E-state index in [4.69, 9.17) is 11.6 Å². The molecular weight excluding hydrogens is 278 g/mol. The lowest BCUT2D eigenvalue weighted by molar-refractivity contribution is 0.757. The molecule has 19 heavy (non-hydrogen) atoms. The van der Waals surface area contributed by atoms with Gasteiger partial charge in [0.15, 0.2) is 0 Å². The molecular formula is C14H18ClN3S. The van der Waals surface area contributed by atoms with Gasteiger partial charge in [0.25, 0.3) is 0 Å². The number of hydrogen-bond donors (Lipinski definition) is 1. The van der Waals surface area contributed by atoms with Crippen LogP contribution in [0.1, 0.15) is 37.4 Å². The molecule has 2 aromatic rings. The monoisotopic (exact) mass is 295 g/mol. The molecule has 0 aromatic carbocycles. The van der Waals surface area contributed by atoms with Gasteiger partial charge in [-0.3, -0.25) is 0 Å². The quantitative estimate of drug-likeness (QED) is 0.833. The molecule has 0 fully saturated rings. The Hall–Kier alpha value is -1.13. The van der Waals surface area contributed by atoms with E-state index in [1.54, 1.807) is 17.4 Å². The number of rotatable bonds is 5. The molecule has 0 amide bonds. The van der Waals surface area contributed by atoms with E-state index < -0.39 is 0 Å². The Kier molecular flexibility index (Phi) is 4.77. The highest BCUT2D eigenvalue weighted by atomic mass is 35.5. The normalized spacial score (nSPS) is 12.7. The van der Waals surface area contributed by atoms with Crippen LogP contribution in [0.4, 0.5) is 5.82 Å². The van der Waals surface area contributed by atoms with E-state index in [0.29, 0.717) is 11.2 Å². The first kappa shape index (κ1) is 14.3. The second-order valence-corrected chi connectivity index (χ2v) is 6.34. The van der Waals surface area contributed by atoms with Gasteiger partial charge in [-0.1, -0.05) is 31.5 Å². The summed E-state index contributed by atoms with van der Waals surface area (Å²) in [7, 11) is 0. The van der Waals surface area contributed by atoms with Crippen LogP contribution in [0, 0.1) is 0 Å². The summed E-state index contributed by atoms with van der Waals surface area (Å²) >= 11 is 7.81. The molecule has 0 bridgehead atoms. The summed E-state index contributed by atoms with van der Waals surface area (Å²) in [5, 5.41) is 5.98. The Morgan fingerprint density at radius 1 is 1.32 bits per heavy atom. The molecule has 2 heterocycles. The number of nitrogens with one attached hydrogen (secondary N) is 1. The van der Waals surface area contributed by atoms with Gasteiger partial charge >= 0.3 is 0 Å². The molecule has 0 aliphatic heterocycles. The van der Waals surface area contributed by atoms with Crippen molar-refractivity contribution in [3.8, 4) is 0 Å². The summed E-state index contributed by atoms with van der Waals surface area (Å²) in [6, 6.07) is 6.31. The van der Waals surface area contributed by atoms with Crippen molar-refractivity contribution in [3.05, 3.63) is 39.4 Å². The van der Waals surface area contributed by atoms with Crippen LogP contribution in [0.15, 0.2) is 23.6 Å². The minimum absolute atomic E-state index is 0.270. The highest BCUT2D eigenvalue weighted by Gasteiger charge is 2.10. The van der Waals surface area contributed by atoms with Crippen LogP contribution >= 0.6 is 22.9 Å². The van der Waals surface area contributed by atoms with Gasteiger partial charge in [-0.2, -0.15) is 0 Å². The van der Waals surface area contributed by atoms with Crippen LogP contribution in [0.25, 0.3) is 0 Å². The Morgan fingerprint density at radius 3 is 2.74 bits per heavy atom. The highest BCUT2D eigenvalue weighted by Crippen LogP contribution is 2.19. The number of nitrogens with zero attached hydrogens (tertiary/aromatic N) is 2. The van der Waals surface area contributed by atoms with Crippen molar-refractivity contribution in [2.24, 2.45) is 0 Å². The number of hydrogen-bond acceptors (Lipinski definition) is 4. The van der Waals surface area contributed by atoms with Gasteiger partial charge in [0, 0.05) is 29.3 Å². The van der Waals surface area contributed by atoms with Crippen LogP contribution in [0.2, 0.25) is 5.15 Å². The molecule has 0 saturated heterocycles. The van der Waals surface area contributed by atoms with Gasteiger partial charge in [-0.05, 0) is 18.4 Å². The maximum absolute atomic E-state index is 6.03. The molecule has 0 aliphatic carbocycles. The minimum Gasteiger partial charge on any atom is -0.367 e. The first-order chi connectivity index (χ1) is 9.04. The third-order valence-electron chi connectivity index (χ3n) is 2.71. The molecule has 1 atom stereocenters. The molecule has 2 rings (SSSR count). The number of thiophene rings is 1. The summed E-state index contributed by atoms with van der Waals surface area (Å²) in [4.78, 5) is 10.1. The smallest absolute Gasteiger partial charge is 0.135 e. The lowest BCUT2D eigenvalue weighted by Gasteiger charge is -2.15. The lowest BCUT2D eigenvalue weighted by atomic mass is 10.2. The fraction of sp³-hybridized carbons (Fsp3) is 0.429. The van der Waals surface area contributed by atoms with Crippen LogP contribution in [-0.2, 0) is 6.42 Å². The van der Waals surface area contributed by atoms with E-state index in [0.717, 1.165) is 18.1 Å². The molecule has 3 nitrogen and oxygen atoms in total. The van der Waals surface area contributed by atoms with Crippen LogP contribution in [0.3, 0.4) is 0 Å². The Balaban J connectivity index is 2.05. The molecule has 0 saturated carbocycles. The zero-order valence-corrected chi connectivity index (χ0v) is 12.9. The van der Waals surface area contributed by atoms with Gasteiger partial charge < -0.3 is 5.32 Å². The van der Waals surface area contributed by atoms with E-state index >= 15 is 0 Å². The topological polar surface area (TPSA) is 37.8 Å². The molecule has 5 heteroatoms. The van der Waals surface area contributed by atoms with E-state index in [9.17, 15) is 0 Å². The molecule has 0 radical (unpaired) electrons. The summed E-state index contributed by atoms with van der Waals surface area (Å²) < 4.78 is 0. The minimum atomic E-state index is 0.270. The van der Waals surface area contributed by atoms with Crippen molar-refractivity contribution < 1.29 is 0 Å². The molecule has 102 valence electrons. The van der Waals surface area contributed by atoms with Crippen molar-refractivity contribution in [3.63, 3.8) is 0 Å². The van der Waals surface area contributed by atoms with Crippen molar-refractivity contribution in [2.75, 3.05) is 5.32 Å².